The lowest BCUT2D eigenvalue weighted by Gasteiger charge is -1.95. The predicted molar refractivity (Wildman–Crippen MR) is 143 cm³/mol. The summed E-state index contributed by atoms with van der Waals surface area (Å²) in [4.78, 5) is 25.5. The second kappa shape index (κ2) is 17.5. The molecule has 36 heavy (non-hydrogen) atoms. The second-order valence-corrected chi connectivity index (χ2v) is 8.14. The number of aliphatic carboxylic acids is 2. The van der Waals surface area contributed by atoms with Crippen molar-refractivity contribution in [2.24, 2.45) is 0 Å². The van der Waals surface area contributed by atoms with Gasteiger partial charge in [0.1, 0.15) is 11.5 Å². The van der Waals surface area contributed by atoms with Crippen LogP contribution in [0.5, 0.6) is 11.5 Å². The topological polar surface area (TPSA) is 147 Å². The quantitative estimate of drug-likeness (QED) is 0.143. The molecule has 0 saturated carbocycles. The van der Waals surface area contributed by atoms with Gasteiger partial charge < -0.3 is 30.4 Å². The molecule has 2 aromatic carbocycles. The number of benzene rings is 2. The molecule has 0 spiro atoms. The van der Waals surface area contributed by atoms with Gasteiger partial charge in [-0.1, -0.05) is 63.8 Å². The Labute approximate surface area is 211 Å². The molecular weight excluding hydrogens is 460 g/mol. The molecule has 8 heteroatoms. The van der Waals surface area contributed by atoms with E-state index in [2.05, 4.69) is 16.9 Å². The molecule has 4 aromatic rings. The van der Waals surface area contributed by atoms with E-state index in [1.807, 2.05) is 55.5 Å². The van der Waals surface area contributed by atoms with Gasteiger partial charge in [-0.25, -0.2) is 0 Å². The van der Waals surface area contributed by atoms with Gasteiger partial charge in [0.15, 0.2) is 0 Å². The minimum atomic E-state index is -0.711. The highest BCUT2D eigenvalue weighted by atomic mass is 16.4. The number of rotatable bonds is 8. The van der Waals surface area contributed by atoms with Crippen LogP contribution in [0.4, 0.5) is 0 Å². The number of aromatic amines is 2. The lowest BCUT2D eigenvalue weighted by atomic mass is 10.1. The normalized spacial score (nSPS) is 9.83. The fraction of sp³-hybridized carbons (Fsp3) is 0.357. The van der Waals surface area contributed by atoms with E-state index in [1.165, 1.54) is 19.3 Å². The maximum Gasteiger partial charge on any atom is 0.303 e. The van der Waals surface area contributed by atoms with Gasteiger partial charge in [-0.15, -0.1) is 0 Å². The molecule has 0 fully saturated rings. The lowest BCUT2D eigenvalue weighted by Crippen LogP contribution is -1.93. The molecule has 2 aromatic heterocycles. The van der Waals surface area contributed by atoms with E-state index in [1.54, 1.807) is 12.4 Å². The molecule has 0 aliphatic carbocycles. The van der Waals surface area contributed by atoms with Gasteiger partial charge in [-0.2, -0.15) is 0 Å². The third-order valence-corrected chi connectivity index (χ3v) is 5.09. The average Bonchev–Trinajstić information content (AvgIpc) is 3.43. The van der Waals surface area contributed by atoms with Crippen LogP contribution in [0, 0.1) is 0 Å². The Hall–Kier alpha value is -3.94. The van der Waals surface area contributed by atoms with Crippen molar-refractivity contribution in [3.8, 4) is 11.5 Å². The summed E-state index contributed by atoms with van der Waals surface area (Å²) in [5.74, 6) is -0.750. The molecule has 6 N–H and O–H groups in total. The molecule has 0 aliphatic rings. The SMILES string of the molecule is CCCC(=O)O.CCCCCCCC(=O)O.Oc1c[nH]c2ccccc12.Oc1c[nH]c2ccccc12. The molecule has 0 radical (unpaired) electrons. The number of nitrogens with one attached hydrogen (secondary N) is 2. The standard InChI is InChI=1S/2C8H7NO.C8H16O2.C4H8O2/c2*10-8-5-9-7-4-2-1-3-6(7)8;1-2-3-4-5-6-7-8(9)10;1-2-3-4(5)6/h2*1-5,9-10H;2-7H2,1H3,(H,9,10);2-3H2,1H3,(H,5,6). The second-order valence-electron chi connectivity index (χ2n) is 8.14. The first-order chi connectivity index (χ1) is 17.3. The van der Waals surface area contributed by atoms with Crippen molar-refractivity contribution in [3.63, 3.8) is 0 Å². The lowest BCUT2D eigenvalue weighted by molar-refractivity contribution is -0.138. The molecular formula is C28H38N2O6. The number of unbranched alkanes of at least 4 members (excludes halogenated alkanes) is 4. The average molecular weight is 499 g/mol. The van der Waals surface area contributed by atoms with Crippen molar-refractivity contribution in [2.45, 2.75) is 65.2 Å². The number of aromatic hydroxyl groups is 2. The number of H-pyrrole nitrogens is 2. The smallest absolute Gasteiger partial charge is 0.303 e. The molecule has 2 heterocycles. The third-order valence-electron chi connectivity index (χ3n) is 5.09. The molecule has 0 bridgehead atoms. The summed E-state index contributed by atoms with van der Waals surface area (Å²) in [5, 5.41) is 36.3. The number of hydrogen-bond donors (Lipinski definition) is 6. The monoisotopic (exact) mass is 498 g/mol. The number of hydrogen-bond acceptors (Lipinski definition) is 4. The summed E-state index contributed by atoms with van der Waals surface area (Å²) in [6.07, 6.45) is 10.1. The van der Waals surface area contributed by atoms with Crippen LogP contribution in [0.25, 0.3) is 21.8 Å². The molecule has 8 nitrogen and oxygen atoms in total. The van der Waals surface area contributed by atoms with Crippen LogP contribution in [-0.2, 0) is 9.59 Å². The zero-order chi connectivity index (χ0) is 26.8. The van der Waals surface area contributed by atoms with Crippen molar-refractivity contribution in [1.29, 1.82) is 0 Å². The van der Waals surface area contributed by atoms with Crippen LogP contribution in [0.2, 0.25) is 0 Å². The molecule has 196 valence electrons. The Kier molecular flexibility index (Phi) is 14.6. The fourth-order valence-corrected chi connectivity index (χ4v) is 3.21. The van der Waals surface area contributed by atoms with Crippen molar-refractivity contribution in [2.75, 3.05) is 0 Å². The molecule has 0 aliphatic heterocycles. The van der Waals surface area contributed by atoms with Gasteiger partial charge in [0.05, 0.1) is 0 Å². The Morgan fingerprint density at radius 3 is 1.44 bits per heavy atom. The largest absolute Gasteiger partial charge is 0.506 e. The highest BCUT2D eigenvalue weighted by molar-refractivity contribution is 5.86. The van der Waals surface area contributed by atoms with Gasteiger partial charge in [-0.05, 0) is 37.1 Å². The van der Waals surface area contributed by atoms with Gasteiger partial charge in [0, 0.05) is 47.0 Å². The predicted octanol–water partition coefficient (Wildman–Crippen LogP) is 7.05. The molecule has 0 amide bonds. The molecule has 0 saturated heterocycles. The van der Waals surface area contributed by atoms with E-state index in [9.17, 15) is 19.8 Å². The van der Waals surface area contributed by atoms with Gasteiger partial charge in [0.25, 0.3) is 0 Å². The summed E-state index contributed by atoms with van der Waals surface area (Å²) in [5.41, 5.74) is 1.94. The number of aromatic nitrogens is 2. The van der Waals surface area contributed by atoms with Crippen LogP contribution < -0.4 is 0 Å². The highest BCUT2D eigenvalue weighted by Gasteiger charge is 1.98. The maximum atomic E-state index is 10.0. The Bertz CT molecular complexity index is 1090. The fourth-order valence-electron chi connectivity index (χ4n) is 3.21. The summed E-state index contributed by atoms with van der Waals surface area (Å²) in [6.45, 7) is 3.99. The first-order valence-corrected chi connectivity index (χ1v) is 12.2. The van der Waals surface area contributed by atoms with Gasteiger partial charge in [-0.3, -0.25) is 9.59 Å². The third kappa shape index (κ3) is 12.0. The van der Waals surface area contributed by atoms with Crippen molar-refractivity contribution < 1.29 is 30.0 Å². The zero-order valence-electron chi connectivity index (χ0n) is 21.0. The van der Waals surface area contributed by atoms with Crippen LogP contribution >= 0.6 is 0 Å². The molecule has 4 rings (SSSR count). The van der Waals surface area contributed by atoms with E-state index in [-0.39, 0.29) is 0 Å². The van der Waals surface area contributed by atoms with E-state index in [4.69, 9.17) is 10.2 Å². The highest BCUT2D eigenvalue weighted by Crippen LogP contribution is 2.23. The van der Waals surface area contributed by atoms with Gasteiger partial charge in [0.2, 0.25) is 0 Å². The number of carboxylic acid groups (broad SMARTS) is 2. The Morgan fingerprint density at radius 2 is 1.08 bits per heavy atom. The van der Waals surface area contributed by atoms with E-state index < -0.39 is 11.9 Å². The summed E-state index contributed by atoms with van der Waals surface area (Å²) < 4.78 is 0. The number of para-hydroxylation sites is 2. The van der Waals surface area contributed by atoms with Crippen LogP contribution in [0.1, 0.15) is 65.2 Å². The molecule has 0 atom stereocenters. The van der Waals surface area contributed by atoms with Crippen molar-refractivity contribution >= 4 is 33.7 Å². The molecule has 0 unspecified atom stereocenters. The minimum Gasteiger partial charge on any atom is -0.506 e. The van der Waals surface area contributed by atoms with Crippen molar-refractivity contribution in [1.82, 2.24) is 9.97 Å². The number of fused-ring (bicyclic) bond motifs is 2. The van der Waals surface area contributed by atoms with Crippen LogP contribution in [-0.4, -0.2) is 42.3 Å². The first kappa shape index (κ1) is 30.1. The zero-order valence-corrected chi connectivity index (χ0v) is 21.0. The van der Waals surface area contributed by atoms with E-state index >= 15 is 0 Å². The van der Waals surface area contributed by atoms with Gasteiger partial charge >= 0.3 is 11.9 Å². The van der Waals surface area contributed by atoms with E-state index in [0.717, 1.165) is 41.1 Å². The number of carbonyl (C=O) groups is 2. The summed E-state index contributed by atoms with van der Waals surface area (Å²) >= 11 is 0. The van der Waals surface area contributed by atoms with E-state index in [0.29, 0.717) is 24.3 Å². The summed E-state index contributed by atoms with van der Waals surface area (Å²) in [7, 11) is 0. The number of carboxylic acids is 2. The Balaban J connectivity index is 0.000000245. The Morgan fingerprint density at radius 1 is 0.639 bits per heavy atom. The van der Waals surface area contributed by atoms with Crippen LogP contribution in [0.15, 0.2) is 60.9 Å². The maximum absolute atomic E-state index is 10.0. The first-order valence-electron chi connectivity index (χ1n) is 12.2. The summed E-state index contributed by atoms with van der Waals surface area (Å²) in [6, 6.07) is 15.3. The minimum absolute atomic E-state index is 0.292. The van der Waals surface area contributed by atoms with Crippen molar-refractivity contribution in [3.05, 3.63) is 60.9 Å². The van der Waals surface area contributed by atoms with Crippen LogP contribution in [0.3, 0.4) is 0 Å².